The van der Waals surface area contributed by atoms with E-state index in [2.05, 4.69) is 41.2 Å². The van der Waals surface area contributed by atoms with Gasteiger partial charge in [-0.05, 0) is 11.5 Å². The summed E-state index contributed by atoms with van der Waals surface area (Å²) in [6, 6.07) is 3.30. The first-order valence-electron chi connectivity index (χ1n) is 15.4. The molecule has 0 aliphatic heterocycles. The molecule has 0 aliphatic rings. The van der Waals surface area contributed by atoms with E-state index in [1.54, 1.807) is 44.2 Å². The van der Waals surface area contributed by atoms with Gasteiger partial charge in [0.25, 0.3) is 5.91 Å². The summed E-state index contributed by atoms with van der Waals surface area (Å²) in [5.41, 5.74) is 7.08. The van der Waals surface area contributed by atoms with Crippen molar-refractivity contribution in [3.8, 4) is 0 Å². The van der Waals surface area contributed by atoms with Gasteiger partial charge in [0.2, 0.25) is 23.6 Å². The number of carboxylic acids is 1. The molecule has 0 aliphatic carbocycles. The number of aromatic amines is 2. The highest BCUT2D eigenvalue weighted by atomic mass is 16.4. The summed E-state index contributed by atoms with van der Waals surface area (Å²) < 4.78 is 0. The number of rotatable bonds is 19. The van der Waals surface area contributed by atoms with Crippen LogP contribution in [0.4, 0.5) is 0 Å². The fraction of sp³-hybridized carbons (Fsp3) is 0.419. The number of aliphatic hydroxyl groups excluding tert-OH is 2. The molecule has 18 heteroatoms. The highest BCUT2D eigenvalue weighted by molar-refractivity contribution is 5.96. The number of hydrogen-bond acceptors (Lipinski definition) is 10. The lowest BCUT2D eigenvalue weighted by Crippen LogP contribution is -2.60. The second-order valence-corrected chi connectivity index (χ2v) is 11.4. The zero-order valence-corrected chi connectivity index (χ0v) is 26.8. The van der Waals surface area contributed by atoms with Crippen LogP contribution >= 0.6 is 0 Å². The van der Waals surface area contributed by atoms with E-state index in [-0.39, 0.29) is 19.3 Å². The van der Waals surface area contributed by atoms with Crippen LogP contribution < -0.4 is 27.0 Å². The average molecular weight is 684 g/mol. The van der Waals surface area contributed by atoms with Crippen LogP contribution in [0, 0.1) is 5.92 Å². The van der Waals surface area contributed by atoms with Crippen LogP contribution in [0.25, 0.3) is 0 Å². The molecule has 0 saturated heterocycles. The Morgan fingerprint density at radius 2 is 1.24 bits per heavy atom. The second kappa shape index (κ2) is 18.1. The number of carbonyl (C=O) groups excluding carboxylic acids is 5. The molecule has 2 heterocycles. The van der Waals surface area contributed by atoms with Gasteiger partial charge >= 0.3 is 5.97 Å². The molecule has 0 spiro atoms. The summed E-state index contributed by atoms with van der Waals surface area (Å²) in [7, 11) is 0. The molecule has 7 atom stereocenters. The Balaban J connectivity index is 1.85. The minimum atomic E-state index is -2.46. The number of nitrogens with one attached hydrogen (secondary N) is 6. The highest BCUT2D eigenvalue weighted by Crippen LogP contribution is 2.12. The zero-order valence-electron chi connectivity index (χ0n) is 26.8. The average Bonchev–Trinajstić information content (AvgIpc) is 3.80. The predicted octanol–water partition coefficient (Wildman–Crippen LogP) is -2.56. The van der Waals surface area contributed by atoms with Crippen molar-refractivity contribution in [2.75, 3.05) is 0 Å². The van der Waals surface area contributed by atoms with Gasteiger partial charge in [-0.3, -0.25) is 24.0 Å². The lowest BCUT2D eigenvalue weighted by Gasteiger charge is -2.28. The summed E-state index contributed by atoms with van der Waals surface area (Å²) in [5.74, 6) is -6.84. The number of aliphatic carboxylic acids is 1. The van der Waals surface area contributed by atoms with Crippen molar-refractivity contribution in [1.29, 1.82) is 0 Å². The maximum atomic E-state index is 13.8. The standard InChI is InChI=1S/C31H41N9O9/c1-3-16(2)23(29(46)37-20(26(32)43)10-18-12-33-14-35-18)40-28(45)22(11-19-13-34-15-36-19)38-27(44)21(9-17-7-5-4-6-8-17)39-30(47)24(41)25(42)31(48)49/h4-8,12-16,20-25,41-42H,3,9-11H2,1-2H3,(H2,32,43)(H,33,35)(H,34,36)(H,37,46)(H,38,44)(H,39,47)(H,40,45)(H,48,49)/t16-,20?,21?,22?,23-,24?,25?/m0/s1. The van der Waals surface area contributed by atoms with Gasteiger partial charge in [-0.15, -0.1) is 0 Å². The third-order valence-corrected chi connectivity index (χ3v) is 7.78. The predicted molar refractivity (Wildman–Crippen MR) is 171 cm³/mol. The number of nitrogens with two attached hydrogens (primary N) is 1. The molecule has 3 aromatic rings. The van der Waals surface area contributed by atoms with Gasteiger partial charge < -0.3 is 52.3 Å². The van der Waals surface area contributed by atoms with Crippen LogP contribution in [-0.2, 0) is 48.0 Å². The number of benzene rings is 1. The quantitative estimate of drug-likeness (QED) is 0.0627. The number of H-pyrrole nitrogens is 2. The number of nitrogens with zero attached hydrogens (tertiary/aromatic N) is 2. The van der Waals surface area contributed by atoms with Crippen LogP contribution in [0.5, 0.6) is 0 Å². The minimum absolute atomic E-state index is 0.0213. The van der Waals surface area contributed by atoms with Gasteiger partial charge in [0.1, 0.15) is 24.2 Å². The number of carbonyl (C=O) groups is 6. The van der Waals surface area contributed by atoms with E-state index in [4.69, 9.17) is 10.8 Å². The van der Waals surface area contributed by atoms with E-state index in [1.165, 1.54) is 25.0 Å². The van der Waals surface area contributed by atoms with Crippen LogP contribution in [0.2, 0.25) is 0 Å². The summed E-state index contributed by atoms with van der Waals surface area (Å²) >= 11 is 0. The molecule has 0 bridgehead atoms. The first-order chi connectivity index (χ1) is 23.3. The topological polar surface area (TPSA) is 295 Å². The molecular weight excluding hydrogens is 642 g/mol. The van der Waals surface area contributed by atoms with Crippen LogP contribution in [0.15, 0.2) is 55.4 Å². The molecule has 0 radical (unpaired) electrons. The maximum Gasteiger partial charge on any atom is 0.335 e. The number of carboxylic acid groups (broad SMARTS) is 1. The molecule has 0 saturated carbocycles. The molecule has 1 aromatic carbocycles. The van der Waals surface area contributed by atoms with Crippen LogP contribution in [0.1, 0.15) is 37.2 Å². The zero-order chi connectivity index (χ0) is 36.1. The Morgan fingerprint density at radius 3 is 1.76 bits per heavy atom. The number of primary amides is 1. The summed E-state index contributed by atoms with van der Waals surface area (Å²) in [6.07, 6.45) is 0.976. The van der Waals surface area contributed by atoms with Gasteiger partial charge in [-0.25, -0.2) is 14.8 Å². The summed E-state index contributed by atoms with van der Waals surface area (Å²) in [5, 5.41) is 38.8. The largest absolute Gasteiger partial charge is 0.479 e. The number of hydrogen-bond donors (Lipinski definition) is 10. The van der Waals surface area contributed by atoms with E-state index < -0.39 is 77.8 Å². The van der Waals surface area contributed by atoms with Gasteiger partial charge in [-0.1, -0.05) is 50.6 Å². The molecule has 5 amide bonds. The lowest BCUT2D eigenvalue weighted by molar-refractivity contribution is -0.158. The molecule has 264 valence electrons. The van der Waals surface area contributed by atoms with Gasteiger partial charge in [-0.2, -0.15) is 0 Å². The van der Waals surface area contributed by atoms with Gasteiger partial charge in [0.05, 0.1) is 12.7 Å². The highest BCUT2D eigenvalue weighted by Gasteiger charge is 2.36. The minimum Gasteiger partial charge on any atom is -0.479 e. The number of imidazole rings is 2. The first-order valence-corrected chi connectivity index (χ1v) is 15.4. The van der Waals surface area contributed by atoms with Crippen molar-refractivity contribution in [3.05, 3.63) is 72.3 Å². The molecule has 11 N–H and O–H groups in total. The second-order valence-electron chi connectivity index (χ2n) is 11.4. The van der Waals surface area contributed by atoms with Gasteiger partial charge in [0, 0.05) is 43.0 Å². The Labute approximate surface area is 280 Å². The number of aromatic nitrogens is 4. The molecular formula is C31H41N9O9. The molecule has 0 fully saturated rings. The first kappa shape index (κ1) is 37.8. The van der Waals surface area contributed by atoms with Crippen molar-refractivity contribution in [3.63, 3.8) is 0 Å². The monoisotopic (exact) mass is 683 g/mol. The SMILES string of the molecule is CC[C@H](C)[C@H](NC(=O)C(Cc1cnc[nH]1)NC(=O)C(Cc1ccccc1)NC(=O)C(O)C(O)C(=O)O)C(=O)NC(Cc1cnc[nH]1)C(N)=O. The molecule has 3 rings (SSSR count). The van der Waals surface area contributed by atoms with E-state index in [0.717, 1.165) is 0 Å². The number of amides is 5. The van der Waals surface area contributed by atoms with Crippen molar-refractivity contribution >= 4 is 35.5 Å². The number of aliphatic hydroxyl groups is 2. The van der Waals surface area contributed by atoms with E-state index >= 15 is 0 Å². The van der Waals surface area contributed by atoms with Crippen molar-refractivity contribution in [2.24, 2.45) is 11.7 Å². The van der Waals surface area contributed by atoms with Crippen molar-refractivity contribution in [2.45, 2.75) is 75.9 Å². The summed E-state index contributed by atoms with van der Waals surface area (Å²) in [4.78, 5) is 90.5. The van der Waals surface area contributed by atoms with Crippen molar-refractivity contribution < 1.29 is 44.1 Å². The normalized spacial score (nSPS) is 15.3. The fourth-order valence-electron chi connectivity index (χ4n) is 4.75. The molecule has 5 unspecified atom stereocenters. The Morgan fingerprint density at radius 1 is 0.735 bits per heavy atom. The van der Waals surface area contributed by atoms with Crippen LogP contribution in [0.3, 0.4) is 0 Å². The van der Waals surface area contributed by atoms with Crippen molar-refractivity contribution in [1.82, 2.24) is 41.2 Å². The third kappa shape index (κ3) is 11.2. The summed E-state index contributed by atoms with van der Waals surface area (Å²) in [6.45, 7) is 3.51. The smallest absolute Gasteiger partial charge is 0.335 e. The third-order valence-electron chi connectivity index (χ3n) is 7.78. The Kier molecular flexibility index (Phi) is 13.9. The van der Waals surface area contributed by atoms with E-state index in [0.29, 0.717) is 23.4 Å². The molecule has 2 aromatic heterocycles. The van der Waals surface area contributed by atoms with E-state index in [9.17, 15) is 39.0 Å². The molecule has 18 nitrogen and oxygen atoms in total. The lowest BCUT2D eigenvalue weighted by atomic mass is 9.96. The van der Waals surface area contributed by atoms with Crippen LogP contribution in [-0.4, -0.2) is 107 Å². The maximum absolute atomic E-state index is 13.8. The van der Waals surface area contributed by atoms with Gasteiger partial charge in [0.15, 0.2) is 12.2 Å². The van der Waals surface area contributed by atoms with E-state index in [1.807, 2.05) is 0 Å². The Bertz CT molecular complexity index is 1550. The Hall–Kier alpha value is -5.62. The molecule has 49 heavy (non-hydrogen) atoms. The fourth-order valence-corrected chi connectivity index (χ4v) is 4.75.